The fourth-order valence-corrected chi connectivity index (χ4v) is 2.07. The number of methoxy groups -OCH3 is 2. The van der Waals surface area contributed by atoms with Crippen LogP contribution in [0, 0.1) is 0 Å². The highest BCUT2D eigenvalue weighted by Gasteiger charge is 2.12. The van der Waals surface area contributed by atoms with Gasteiger partial charge in [-0.3, -0.25) is 4.79 Å². The first-order chi connectivity index (χ1) is 11.7. The molecule has 0 saturated carbocycles. The minimum absolute atomic E-state index is 0.193. The van der Waals surface area contributed by atoms with Crippen molar-refractivity contribution in [3.63, 3.8) is 0 Å². The van der Waals surface area contributed by atoms with Crippen molar-refractivity contribution < 1.29 is 14.3 Å². The lowest BCUT2D eigenvalue weighted by Gasteiger charge is -2.15. The van der Waals surface area contributed by atoms with E-state index in [1.807, 2.05) is 30.3 Å². The number of amides is 1. The maximum Gasteiger partial charge on any atom is 0.274 e. The second kappa shape index (κ2) is 8.53. The number of hydrogen-bond acceptors (Lipinski definition) is 4. The summed E-state index contributed by atoms with van der Waals surface area (Å²) >= 11 is 0. The lowest BCUT2D eigenvalue weighted by Crippen LogP contribution is -2.26. The van der Waals surface area contributed by atoms with Crippen LogP contribution < -0.4 is 9.47 Å². The summed E-state index contributed by atoms with van der Waals surface area (Å²) in [5.74, 6) is 1.11. The molecule has 24 heavy (non-hydrogen) atoms. The molecule has 0 aliphatic carbocycles. The quantitative estimate of drug-likeness (QED) is 0.446. The van der Waals surface area contributed by atoms with Crippen molar-refractivity contribution in [3.05, 3.63) is 72.3 Å². The average Bonchev–Trinajstić information content (AvgIpc) is 2.64. The van der Waals surface area contributed by atoms with Crippen LogP contribution >= 0.6 is 0 Å². The summed E-state index contributed by atoms with van der Waals surface area (Å²) in [6.45, 7) is 3.99. The van der Waals surface area contributed by atoms with Gasteiger partial charge in [-0.2, -0.15) is 5.10 Å². The molecule has 0 spiro atoms. The topological polar surface area (TPSA) is 51.1 Å². The molecule has 0 aromatic heterocycles. The number of ether oxygens (including phenoxy) is 2. The molecule has 5 nitrogen and oxygen atoms in total. The first kappa shape index (κ1) is 17.3. The summed E-state index contributed by atoms with van der Waals surface area (Å²) in [6.07, 6.45) is 3.22. The molecule has 0 fully saturated rings. The largest absolute Gasteiger partial charge is 0.497 e. The Morgan fingerprint density at radius 1 is 1.12 bits per heavy atom. The van der Waals surface area contributed by atoms with E-state index in [1.54, 1.807) is 44.7 Å². The molecule has 0 aliphatic heterocycles. The number of hydrazone groups is 1. The molecular weight excluding hydrogens is 304 g/mol. The van der Waals surface area contributed by atoms with Gasteiger partial charge in [0.1, 0.15) is 11.5 Å². The first-order valence-corrected chi connectivity index (χ1v) is 7.42. The van der Waals surface area contributed by atoms with Gasteiger partial charge >= 0.3 is 0 Å². The van der Waals surface area contributed by atoms with E-state index in [9.17, 15) is 4.79 Å². The van der Waals surface area contributed by atoms with Gasteiger partial charge in [0.25, 0.3) is 5.91 Å². The normalized spacial score (nSPS) is 10.4. The molecule has 0 atom stereocenters. The summed E-state index contributed by atoms with van der Waals surface area (Å²) in [4.78, 5) is 12.5. The van der Waals surface area contributed by atoms with Crippen molar-refractivity contribution in [3.8, 4) is 11.5 Å². The second-order valence-electron chi connectivity index (χ2n) is 4.93. The Kier molecular flexibility index (Phi) is 6.14. The zero-order valence-corrected chi connectivity index (χ0v) is 13.8. The molecule has 0 aliphatic rings. The number of carbonyl (C=O) groups is 1. The Morgan fingerprint density at radius 3 is 2.29 bits per heavy atom. The van der Waals surface area contributed by atoms with Gasteiger partial charge in [0.2, 0.25) is 0 Å². The zero-order valence-electron chi connectivity index (χ0n) is 13.8. The van der Waals surface area contributed by atoms with Crippen LogP contribution in [0.2, 0.25) is 0 Å². The van der Waals surface area contributed by atoms with E-state index >= 15 is 0 Å². The van der Waals surface area contributed by atoms with Crippen LogP contribution in [0.1, 0.15) is 15.9 Å². The Bertz CT molecular complexity index is 704. The molecule has 0 heterocycles. The molecule has 0 saturated heterocycles. The SMILES string of the molecule is C=CCN(/N=C/c1cc(OC)cc(OC)c1)C(=O)c1ccccc1. The molecule has 5 heteroatoms. The van der Waals surface area contributed by atoms with E-state index in [2.05, 4.69) is 11.7 Å². The smallest absolute Gasteiger partial charge is 0.274 e. The van der Waals surface area contributed by atoms with E-state index in [1.165, 1.54) is 5.01 Å². The molecular formula is C19H20N2O3. The van der Waals surface area contributed by atoms with E-state index < -0.39 is 0 Å². The van der Waals surface area contributed by atoms with E-state index in [0.29, 0.717) is 23.6 Å². The van der Waals surface area contributed by atoms with Gasteiger partial charge in [-0.1, -0.05) is 24.3 Å². The number of hydrogen-bond donors (Lipinski definition) is 0. The molecule has 2 aromatic carbocycles. The van der Waals surface area contributed by atoms with Crippen molar-refractivity contribution in [2.24, 2.45) is 5.10 Å². The highest BCUT2D eigenvalue weighted by atomic mass is 16.5. The summed E-state index contributed by atoms with van der Waals surface area (Å²) in [7, 11) is 3.16. The van der Waals surface area contributed by atoms with E-state index in [4.69, 9.17) is 9.47 Å². The maximum absolute atomic E-state index is 12.5. The van der Waals surface area contributed by atoms with Gasteiger partial charge in [-0.15, -0.1) is 6.58 Å². The summed E-state index contributed by atoms with van der Waals surface area (Å²) in [5.41, 5.74) is 1.33. The van der Waals surface area contributed by atoms with Crippen molar-refractivity contribution >= 4 is 12.1 Å². The highest BCUT2D eigenvalue weighted by Crippen LogP contribution is 2.21. The Balaban J connectivity index is 2.25. The lowest BCUT2D eigenvalue weighted by atomic mass is 10.2. The Hall–Kier alpha value is -3.08. The van der Waals surface area contributed by atoms with Crippen LogP contribution in [0.5, 0.6) is 11.5 Å². The monoisotopic (exact) mass is 324 g/mol. The third-order valence-corrected chi connectivity index (χ3v) is 3.28. The highest BCUT2D eigenvalue weighted by molar-refractivity contribution is 5.95. The average molecular weight is 324 g/mol. The third kappa shape index (κ3) is 4.46. The van der Waals surface area contributed by atoms with Crippen LogP contribution in [0.15, 0.2) is 66.3 Å². The van der Waals surface area contributed by atoms with Crippen molar-refractivity contribution in [2.75, 3.05) is 20.8 Å². The van der Waals surface area contributed by atoms with Crippen LogP contribution in [-0.2, 0) is 0 Å². The van der Waals surface area contributed by atoms with E-state index in [-0.39, 0.29) is 5.91 Å². The number of nitrogens with zero attached hydrogens (tertiary/aromatic N) is 2. The van der Waals surface area contributed by atoms with Crippen LogP contribution in [0.3, 0.4) is 0 Å². The van der Waals surface area contributed by atoms with Gasteiger partial charge in [0.05, 0.1) is 27.0 Å². The number of carbonyl (C=O) groups excluding carboxylic acids is 1. The number of benzene rings is 2. The molecule has 2 rings (SSSR count). The van der Waals surface area contributed by atoms with Crippen LogP contribution in [-0.4, -0.2) is 37.9 Å². The minimum atomic E-state index is -0.193. The van der Waals surface area contributed by atoms with Gasteiger partial charge in [0, 0.05) is 17.2 Å². The summed E-state index contributed by atoms with van der Waals surface area (Å²) in [5, 5.41) is 5.64. The standard InChI is InChI=1S/C19H20N2O3/c1-4-10-21(19(22)16-8-6-5-7-9-16)20-14-15-11-17(23-2)13-18(12-15)24-3/h4-9,11-14H,1,10H2,2-3H3/b20-14+. The van der Waals surface area contributed by atoms with Crippen molar-refractivity contribution in [2.45, 2.75) is 0 Å². The van der Waals surface area contributed by atoms with Crippen molar-refractivity contribution in [1.82, 2.24) is 5.01 Å². The Morgan fingerprint density at radius 2 is 1.75 bits per heavy atom. The fourth-order valence-electron chi connectivity index (χ4n) is 2.07. The third-order valence-electron chi connectivity index (χ3n) is 3.28. The van der Waals surface area contributed by atoms with Crippen LogP contribution in [0.25, 0.3) is 0 Å². The van der Waals surface area contributed by atoms with Crippen LogP contribution in [0.4, 0.5) is 0 Å². The van der Waals surface area contributed by atoms with Gasteiger partial charge < -0.3 is 9.47 Å². The van der Waals surface area contributed by atoms with Crippen molar-refractivity contribution in [1.29, 1.82) is 0 Å². The predicted octanol–water partition coefficient (Wildman–Crippen LogP) is 3.37. The Labute approximate surface area is 141 Å². The maximum atomic E-state index is 12.5. The summed E-state index contributed by atoms with van der Waals surface area (Å²) in [6, 6.07) is 14.4. The molecule has 1 amide bonds. The van der Waals surface area contributed by atoms with Gasteiger partial charge in [-0.25, -0.2) is 5.01 Å². The molecule has 124 valence electrons. The fraction of sp³-hybridized carbons (Fsp3) is 0.158. The number of rotatable bonds is 7. The molecule has 0 bridgehead atoms. The van der Waals surface area contributed by atoms with Gasteiger partial charge in [0.15, 0.2) is 0 Å². The first-order valence-electron chi connectivity index (χ1n) is 7.42. The zero-order chi connectivity index (χ0) is 17.4. The molecule has 0 N–H and O–H groups in total. The summed E-state index contributed by atoms with van der Waals surface area (Å²) < 4.78 is 10.5. The minimum Gasteiger partial charge on any atom is -0.497 e. The molecule has 0 radical (unpaired) electrons. The molecule has 0 unspecified atom stereocenters. The molecule has 2 aromatic rings. The van der Waals surface area contributed by atoms with E-state index in [0.717, 1.165) is 5.56 Å². The second-order valence-corrected chi connectivity index (χ2v) is 4.93. The lowest BCUT2D eigenvalue weighted by molar-refractivity contribution is 0.0779. The predicted molar refractivity (Wildman–Crippen MR) is 94.8 cm³/mol. The van der Waals surface area contributed by atoms with Gasteiger partial charge in [-0.05, 0) is 24.3 Å².